The Bertz CT molecular complexity index is 623. The molecule has 0 amide bonds. The molecule has 0 aliphatic heterocycles. The van der Waals surface area contributed by atoms with Gasteiger partial charge in [0.2, 0.25) is 0 Å². The van der Waals surface area contributed by atoms with Crippen molar-refractivity contribution in [2.24, 2.45) is 0 Å². The second-order valence-electron chi connectivity index (χ2n) is 5.08. The topological polar surface area (TPSA) is 24.9 Å². The number of pyridine rings is 1. The summed E-state index contributed by atoms with van der Waals surface area (Å²) in [6.45, 7) is 3.03. The first-order valence-corrected chi connectivity index (χ1v) is 7.80. The van der Waals surface area contributed by atoms with Crippen LogP contribution < -0.4 is 5.32 Å². The monoisotopic (exact) mass is 370 g/mol. The van der Waals surface area contributed by atoms with E-state index in [1.807, 2.05) is 0 Å². The van der Waals surface area contributed by atoms with Gasteiger partial charge in [0.1, 0.15) is 5.82 Å². The Kier molecular flexibility index (Phi) is 3.60. The highest BCUT2D eigenvalue weighted by Crippen LogP contribution is 2.41. The molecule has 4 heteroatoms. The molecule has 0 unspecified atom stereocenters. The van der Waals surface area contributed by atoms with Crippen molar-refractivity contribution in [3.05, 3.63) is 33.3 Å². The predicted octanol–water partition coefficient (Wildman–Crippen LogP) is 4.68. The van der Waals surface area contributed by atoms with Crippen molar-refractivity contribution in [1.82, 2.24) is 4.98 Å². The van der Waals surface area contributed by atoms with Gasteiger partial charge in [0.05, 0.1) is 5.52 Å². The molecule has 2 nitrogen and oxygen atoms in total. The van der Waals surface area contributed by atoms with Gasteiger partial charge in [-0.05, 0) is 60.1 Å². The van der Waals surface area contributed by atoms with Crippen molar-refractivity contribution >= 4 is 39.2 Å². The van der Waals surface area contributed by atoms with Crippen LogP contribution in [-0.2, 0) is 0 Å². The number of hydrogen-bond donors (Lipinski definition) is 1. The number of halogens is 2. The Balaban J connectivity index is 2.17. The zero-order valence-corrected chi connectivity index (χ0v) is 13.0. The van der Waals surface area contributed by atoms with Crippen LogP contribution in [0.1, 0.15) is 37.8 Å². The minimum absolute atomic E-state index is 0.197. The van der Waals surface area contributed by atoms with E-state index >= 15 is 0 Å². The van der Waals surface area contributed by atoms with Crippen molar-refractivity contribution in [2.45, 2.75) is 32.1 Å². The van der Waals surface area contributed by atoms with Crippen LogP contribution in [0.15, 0.2) is 18.2 Å². The lowest BCUT2D eigenvalue weighted by atomic mass is 10.1. The van der Waals surface area contributed by atoms with Crippen molar-refractivity contribution in [2.75, 3.05) is 11.9 Å². The highest BCUT2D eigenvalue weighted by molar-refractivity contribution is 14.1. The number of nitrogens with zero attached hydrogens (tertiary/aromatic N) is 1. The normalized spacial score (nSPS) is 14.9. The second kappa shape index (κ2) is 5.23. The zero-order valence-electron chi connectivity index (χ0n) is 10.8. The largest absolute Gasteiger partial charge is 0.384 e. The third-order valence-corrected chi connectivity index (χ3v) is 4.23. The number of aromatic nitrogens is 1. The van der Waals surface area contributed by atoms with Crippen molar-refractivity contribution in [3.8, 4) is 0 Å². The van der Waals surface area contributed by atoms with Gasteiger partial charge < -0.3 is 5.32 Å². The fraction of sp³-hybridized carbons (Fsp3) is 0.400. The molecule has 1 N–H and O–H groups in total. The molecular formula is C15H16FIN2. The highest BCUT2D eigenvalue weighted by atomic mass is 127. The molecule has 0 atom stereocenters. The quantitative estimate of drug-likeness (QED) is 0.791. The molecule has 1 fully saturated rings. The Hall–Kier alpha value is -0.910. The Labute approximate surface area is 125 Å². The molecule has 1 aromatic carbocycles. The number of anilines is 1. The van der Waals surface area contributed by atoms with Crippen LogP contribution in [0.3, 0.4) is 0 Å². The van der Waals surface area contributed by atoms with Crippen molar-refractivity contribution in [1.29, 1.82) is 0 Å². The van der Waals surface area contributed by atoms with Gasteiger partial charge in [0.15, 0.2) is 0 Å². The number of fused-ring (bicyclic) bond motifs is 1. The molecule has 1 heterocycles. The van der Waals surface area contributed by atoms with Crippen LogP contribution in [-0.4, -0.2) is 11.5 Å². The minimum atomic E-state index is -0.197. The van der Waals surface area contributed by atoms with E-state index in [0.29, 0.717) is 5.92 Å². The average molecular weight is 370 g/mol. The Morgan fingerprint density at radius 3 is 2.84 bits per heavy atom. The first kappa shape index (κ1) is 13.1. The standard InChI is InChI=1S/C15H16FIN2/c1-2-5-18-14-8-13(9-3-4-9)19-15-11(14)6-10(16)7-12(15)17/h6-9H,2-5H2,1H3,(H,18,19). The smallest absolute Gasteiger partial charge is 0.125 e. The molecule has 1 aliphatic carbocycles. The van der Waals surface area contributed by atoms with E-state index < -0.39 is 0 Å². The van der Waals surface area contributed by atoms with Crippen LogP contribution in [0.2, 0.25) is 0 Å². The van der Waals surface area contributed by atoms with E-state index in [-0.39, 0.29) is 5.82 Å². The van der Waals surface area contributed by atoms with E-state index in [2.05, 4.69) is 40.9 Å². The number of nitrogens with one attached hydrogen (secondary N) is 1. The van der Waals surface area contributed by atoms with Crippen LogP contribution in [0.5, 0.6) is 0 Å². The molecule has 0 bridgehead atoms. The molecule has 1 aliphatic rings. The van der Waals surface area contributed by atoms with E-state index in [1.54, 1.807) is 12.1 Å². The number of benzene rings is 1. The van der Waals surface area contributed by atoms with Crippen LogP contribution in [0.4, 0.5) is 10.1 Å². The van der Waals surface area contributed by atoms with Gasteiger partial charge in [0, 0.05) is 32.8 Å². The lowest BCUT2D eigenvalue weighted by Gasteiger charge is -2.12. The van der Waals surface area contributed by atoms with Crippen molar-refractivity contribution in [3.63, 3.8) is 0 Å². The maximum Gasteiger partial charge on any atom is 0.125 e. The molecule has 3 rings (SSSR count). The van der Waals surface area contributed by atoms with Crippen molar-refractivity contribution < 1.29 is 4.39 Å². The third-order valence-electron chi connectivity index (χ3n) is 3.41. The Morgan fingerprint density at radius 1 is 1.37 bits per heavy atom. The van der Waals surface area contributed by atoms with Gasteiger partial charge in [0.25, 0.3) is 0 Å². The summed E-state index contributed by atoms with van der Waals surface area (Å²) in [7, 11) is 0. The summed E-state index contributed by atoms with van der Waals surface area (Å²) in [4.78, 5) is 4.73. The van der Waals surface area contributed by atoms with Crippen LogP contribution in [0, 0.1) is 9.39 Å². The molecule has 19 heavy (non-hydrogen) atoms. The SMILES string of the molecule is CCCNc1cc(C2CC2)nc2c(I)cc(F)cc12. The number of hydrogen-bond acceptors (Lipinski definition) is 2. The lowest BCUT2D eigenvalue weighted by molar-refractivity contribution is 0.628. The predicted molar refractivity (Wildman–Crippen MR) is 85.2 cm³/mol. The van der Waals surface area contributed by atoms with Crippen LogP contribution >= 0.6 is 22.6 Å². The fourth-order valence-electron chi connectivity index (χ4n) is 2.27. The van der Waals surface area contributed by atoms with Gasteiger partial charge in [-0.15, -0.1) is 0 Å². The summed E-state index contributed by atoms with van der Waals surface area (Å²) in [5.41, 5.74) is 3.09. The first-order valence-electron chi connectivity index (χ1n) is 6.72. The molecule has 1 aromatic heterocycles. The second-order valence-corrected chi connectivity index (χ2v) is 6.24. The summed E-state index contributed by atoms with van der Waals surface area (Å²) >= 11 is 2.17. The molecule has 1 saturated carbocycles. The first-order chi connectivity index (χ1) is 9.19. The molecule has 0 saturated heterocycles. The van der Waals surface area contributed by atoms with Gasteiger partial charge >= 0.3 is 0 Å². The summed E-state index contributed by atoms with van der Waals surface area (Å²) < 4.78 is 14.5. The fourth-order valence-corrected chi connectivity index (χ4v) is 2.97. The summed E-state index contributed by atoms with van der Waals surface area (Å²) in [5, 5.41) is 4.30. The lowest BCUT2D eigenvalue weighted by Crippen LogP contribution is -2.03. The zero-order chi connectivity index (χ0) is 13.4. The van der Waals surface area contributed by atoms with Gasteiger partial charge in [-0.25, -0.2) is 4.39 Å². The number of rotatable bonds is 4. The molecule has 100 valence electrons. The van der Waals surface area contributed by atoms with E-state index in [1.165, 1.54) is 12.8 Å². The highest BCUT2D eigenvalue weighted by Gasteiger charge is 2.26. The third kappa shape index (κ3) is 2.68. The van der Waals surface area contributed by atoms with Crippen LogP contribution in [0.25, 0.3) is 10.9 Å². The molecule has 0 spiro atoms. The maximum atomic E-state index is 13.6. The van der Waals surface area contributed by atoms with Gasteiger partial charge in [-0.1, -0.05) is 6.92 Å². The molecule has 0 radical (unpaired) electrons. The summed E-state index contributed by atoms with van der Waals surface area (Å²) in [5.74, 6) is 0.407. The average Bonchev–Trinajstić information content (AvgIpc) is 3.20. The molecule has 2 aromatic rings. The molecular weight excluding hydrogens is 354 g/mol. The Morgan fingerprint density at radius 2 is 2.16 bits per heavy atom. The maximum absolute atomic E-state index is 13.6. The van der Waals surface area contributed by atoms with E-state index in [4.69, 9.17) is 4.98 Å². The van der Waals surface area contributed by atoms with Gasteiger partial charge in [-0.2, -0.15) is 0 Å². The minimum Gasteiger partial charge on any atom is -0.384 e. The summed E-state index contributed by atoms with van der Waals surface area (Å²) in [6.07, 6.45) is 3.50. The van der Waals surface area contributed by atoms with Gasteiger partial charge in [-0.3, -0.25) is 4.98 Å². The summed E-state index contributed by atoms with van der Waals surface area (Å²) in [6, 6.07) is 5.24. The van der Waals surface area contributed by atoms with E-state index in [0.717, 1.165) is 38.8 Å². The van der Waals surface area contributed by atoms with E-state index in [9.17, 15) is 4.39 Å².